The quantitative estimate of drug-likeness (QED) is 0.186. The Morgan fingerprint density at radius 3 is 1.68 bits per heavy atom. The monoisotopic (exact) mass is 688 g/mol. The molecule has 0 fully saturated rings. The van der Waals surface area contributed by atoms with Crippen molar-refractivity contribution in [1.82, 2.24) is 19.1 Å². The second-order valence-corrected chi connectivity index (χ2v) is 16.4. The predicted molar refractivity (Wildman–Crippen MR) is 221 cm³/mol. The van der Waals surface area contributed by atoms with Crippen molar-refractivity contribution in [2.75, 3.05) is 0 Å². The molecule has 0 bridgehead atoms. The van der Waals surface area contributed by atoms with Gasteiger partial charge in [0.25, 0.3) is 0 Å². The van der Waals surface area contributed by atoms with Crippen molar-refractivity contribution in [2.24, 2.45) is 0 Å². The zero-order chi connectivity index (χ0) is 36.2. The molecule has 5 nitrogen and oxygen atoms in total. The number of nitrogens with zero attached hydrogens (tertiary/aromatic N) is 4. The average Bonchev–Trinajstić information content (AvgIpc) is 3.81. The molecule has 0 saturated carbocycles. The van der Waals surface area contributed by atoms with Crippen molar-refractivity contribution in [3.8, 4) is 23.0 Å². The van der Waals surface area contributed by atoms with Crippen LogP contribution in [-0.2, 0) is 10.8 Å². The van der Waals surface area contributed by atoms with Gasteiger partial charge in [0, 0.05) is 43.9 Å². The van der Waals surface area contributed by atoms with E-state index in [0.29, 0.717) is 5.95 Å². The first-order valence-electron chi connectivity index (χ1n) is 18.4. The van der Waals surface area contributed by atoms with Crippen LogP contribution in [0.15, 0.2) is 138 Å². The second-order valence-electron chi connectivity index (χ2n) is 16.4. The van der Waals surface area contributed by atoms with E-state index in [-0.39, 0.29) is 10.8 Å². The number of fused-ring (bicyclic) bond motifs is 9. The van der Waals surface area contributed by atoms with Crippen LogP contribution in [0.25, 0.3) is 88.6 Å². The third kappa shape index (κ3) is 4.84. The molecule has 0 aliphatic heterocycles. The normalized spacial score (nSPS) is 12.7. The van der Waals surface area contributed by atoms with Crippen LogP contribution in [0.3, 0.4) is 0 Å². The summed E-state index contributed by atoms with van der Waals surface area (Å²) in [5, 5.41) is 6.95. The summed E-state index contributed by atoms with van der Waals surface area (Å²) in [6.07, 6.45) is 0. The Labute approximate surface area is 308 Å². The second kappa shape index (κ2) is 11.1. The van der Waals surface area contributed by atoms with Crippen molar-refractivity contribution in [3.05, 3.63) is 145 Å². The highest BCUT2D eigenvalue weighted by Crippen LogP contribution is 2.42. The van der Waals surface area contributed by atoms with Crippen molar-refractivity contribution < 1.29 is 4.42 Å². The number of benzene rings is 6. The van der Waals surface area contributed by atoms with E-state index in [1.807, 2.05) is 12.1 Å². The molecule has 4 aromatic heterocycles. The van der Waals surface area contributed by atoms with E-state index in [4.69, 9.17) is 14.4 Å². The summed E-state index contributed by atoms with van der Waals surface area (Å²) in [6.45, 7) is 13.8. The summed E-state index contributed by atoms with van der Waals surface area (Å²) in [7, 11) is 0. The van der Waals surface area contributed by atoms with Crippen LogP contribution in [0.4, 0.5) is 0 Å². The van der Waals surface area contributed by atoms with Gasteiger partial charge in [-0.3, -0.25) is 9.13 Å². The Balaban J connectivity index is 1.35. The fraction of sp³-hybridized carbons (Fsp3) is 0.167. The summed E-state index contributed by atoms with van der Waals surface area (Å²) >= 11 is 0. The third-order valence-corrected chi connectivity index (χ3v) is 10.8. The average molecular weight is 689 g/mol. The van der Waals surface area contributed by atoms with E-state index < -0.39 is 0 Å². The first-order chi connectivity index (χ1) is 25.5. The number of hydrogen-bond donors (Lipinski definition) is 0. The van der Waals surface area contributed by atoms with Crippen LogP contribution >= 0.6 is 0 Å². The van der Waals surface area contributed by atoms with Crippen molar-refractivity contribution in [1.29, 1.82) is 0 Å². The third-order valence-electron chi connectivity index (χ3n) is 10.8. The minimum atomic E-state index is -0.147. The molecule has 0 aliphatic rings. The molecular weight excluding hydrogens is 649 g/mol. The van der Waals surface area contributed by atoms with Gasteiger partial charge in [-0.1, -0.05) is 120 Å². The summed E-state index contributed by atoms with van der Waals surface area (Å²) in [4.78, 5) is 11.0. The molecular formula is C48H40N4O. The van der Waals surface area contributed by atoms with E-state index in [1.165, 1.54) is 32.7 Å². The van der Waals surface area contributed by atoms with E-state index in [1.54, 1.807) is 0 Å². The maximum atomic E-state index is 6.24. The highest BCUT2D eigenvalue weighted by Gasteiger charge is 2.28. The van der Waals surface area contributed by atoms with E-state index in [9.17, 15) is 0 Å². The van der Waals surface area contributed by atoms with Gasteiger partial charge in [0.15, 0.2) is 0 Å². The molecule has 53 heavy (non-hydrogen) atoms. The molecule has 258 valence electrons. The Bertz CT molecular complexity index is 3030. The molecule has 0 N–H and O–H groups in total. The lowest BCUT2D eigenvalue weighted by atomic mass is 9.79. The molecule has 4 heterocycles. The van der Waals surface area contributed by atoms with Crippen molar-refractivity contribution in [3.63, 3.8) is 0 Å². The highest BCUT2D eigenvalue weighted by molar-refractivity contribution is 6.11. The van der Waals surface area contributed by atoms with Gasteiger partial charge >= 0.3 is 0 Å². The molecule has 0 atom stereocenters. The number of furan rings is 1. The number of aromatic nitrogens is 4. The molecule has 0 radical (unpaired) electrons. The van der Waals surface area contributed by atoms with Gasteiger partial charge in [0.1, 0.15) is 17.0 Å². The minimum Gasteiger partial charge on any atom is -0.456 e. The lowest BCUT2D eigenvalue weighted by molar-refractivity contribution is 0.572. The molecule has 5 heteroatoms. The Hall–Kier alpha value is -6.20. The lowest BCUT2D eigenvalue weighted by Crippen LogP contribution is -2.18. The first-order valence-corrected chi connectivity index (χ1v) is 18.4. The van der Waals surface area contributed by atoms with Gasteiger partial charge in [-0.2, -0.15) is 4.98 Å². The molecule has 0 aliphatic carbocycles. The fourth-order valence-electron chi connectivity index (χ4n) is 8.15. The zero-order valence-corrected chi connectivity index (χ0v) is 30.9. The number of hydrogen-bond acceptors (Lipinski definition) is 3. The largest absolute Gasteiger partial charge is 0.456 e. The lowest BCUT2D eigenvalue weighted by Gasteiger charge is -2.27. The summed E-state index contributed by atoms with van der Waals surface area (Å²) in [5.41, 5.74) is 10.4. The zero-order valence-electron chi connectivity index (χ0n) is 30.9. The van der Waals surface area contributed by atoms with E-state index >= 15 is 0 Å². The van der Waals surface area contributed by atoms with Crippen molar-refractivity contribution in [2.45, 2.75) is 52.4 Å². The van der Waals surface area contributed by atoms with Crippen LogP contribution in [0.2, 0.25) is 0 Å². The van der Waals surface area contributed by atoms with E-state index in [0.717, 1.165) is 61.1 Å². The Kier molecular flexibility index (Phi) is 6.63. The van der Waals surface area contributed by atoms with Crippen LogP contribution in [0.5, 0.6) is 0 Å². The Morgan fingerprint density at radius 2 is 1.04 bits per heavy atom. The molecule has 6 aromatic carbocycles. The van der Waals surface area contributed by atoms with Crippen LogP contribution in [0, 0.1) is 0 Å². The topological polar surface area (TPSA) is 48.8 Å². The Morgan fingerprint density at radius 1 is 0.472 bits per heavy atom. The van der Waals surface area contributed by atoms with Crippen molar-refractivity contribution >= 4 is 65.6 Å². The molecule has 0 amide bonds. The van der Waals surface area contributed by atoms with Crippen LogP contribution < -0.4 is 0 Å². The molecule has 10 rings (SSSR count). The SMILES string of the molecule is CC(C)(C)c1cc(C(C)(C)C)c2c(c1)c1ccccc1n2-c1nc(-c2ccc3oc4ccccc4c3c2)cc(-n2c3ccccc3c3ccccc32)n1. The van der Waals surface area contributed by atoms with E-state index in [2.05, 4.69) is 172 Å². The standard InChI is InChI=1S/C48H40N4O/c1-47(2,3)30-26-36-33-17-9-13-21-41(33)52(45(36)37(27-30)48(4,5)6)46-49-38(29-23-24-43-35(25-29)34-18-10-14-22-42(34)53-43)28-44(50-46)51-39-19-11-7-15-31(39)32-16-8-12-20-40(32)51/h7-28H,1-6H3. The summed E-state index contributed by atoms with van der Waals surface area (Å²) in [5.74, 6) is 1.45. The summed E-state index contributed by atoms with van der Waals surface area (Å²) in [6, 6.07) is 47.5. The molecule has 0 saturated heterocycles. The number of rotatable bonds is 3. The molecule has 0 spiro atoms. The van der Waals surface area contributed by atoms with Gasteiger partial charge in [-0.25, -0.2) is 4.98 Å². The maximum Gasteiger partial charge on any atom is 0.237 e. The molecule has 10 aromatic rings. The van der Waals surface area contributed by atoms with Gasteiger partial charge in [0.2, 0.25) is 5.95 Å². The van der Waals surface area contributed by atoms with Gasteiger partial charge in [0.05, 0.1) is 27.8 Å². The minimum absolute atomic E-state index is 0.0204. The van der Waals surface area contributed by atoms with Gasteiger partial charge in [-0.05, 0) is 70.5 Å². The fourth-order valence-corrected chi connectivity index (χ4v) is 8.15. The maximum absolute atomic E-state index is 6.24. The predicted octanol–water partition coefficient (Wildman–Crippen LogP) is 12.8. The molecule has 0 unspecified atom stereocenters. The first kappa shape index (κ1) is 31.5. The number of para-hydroxylation sites is 4. The highest BCUT2D eigenvalue weighted by atomic mass is 16.3. The van der Waals surface area contributed by atoms with Gasteiger partial charge < -0.3 is 4.42 Å². The summed E-state index contributed by atoms with van der Waals surface area (Å²) < 4.78 is 10.8. The van der Waals surface area contributed by atoms with Crippen LogP contribution in [0.1, 0.15) is 52.7 Å². The van der Waals surface area contributed by atoms with Gasteiger partial charge in [-0.15, -0.1) is 0 Å². The van der Waals surface area contributed by atoms with Crippen LogP contribution in [-0.4, -0.2) is 19.1 Å². The smallest absolute Gasteiger partial charge is 0.237 e.